The van der Waals surface area contributed by atoms with Crippen LogP contribution in [-0.4, -0.2) is 69.0 Å². The van der Waals surface area contributed by atoms with Gasteiger partial charge in [-0.2, -0.15) is 0 Å². The maximum atomic E-state index is 11.9. The normalized spacial score (nSPS) is 21.8. The molecule has 1 aliphatic carbocycles. The second-order valence-electron chi connectivity index (χ2n) is 8.26. The summed E-state index contributed by atoms with van der Waals surface area (Å²) in [5.41, 5.74) is 1.88. The Balaban J connectivity index is 1.53. The molecule has 1 saturated carbocycles. The van der Waals surface area contributed by atoms with E-state index in [1.54, 1.807) is 14.2 Å². The average Bonchev–Trinajstić information content (AvgIpc) is 2.80. The maximum Gasteiger partial charge on any atom is 0.228 e. The Hall–Kier alpha value is -2.45. The Bertz CT molecular complexity index is 892. The number of ketones is 1. The van der Waals surface area contributed by atoms with Gasteiger partial charge in [-0.15, -0.1) is 0 Å². The van der Waals surface area contributed by atoms with Crippen molar-refractivity contribution in [2.45, 2.75) is 38.2 Å². The molecule has 8 heteroatoms. The molecule has 1 aliphatic heterocycles. The minimum Gasteiger partial charge on any atom is -0.489 e. The molecule has 168 valence electrons. The van der Waals surface area contributed by atoms with E-state index in [1.807, 2.05) is 0 Å². The van der Waals surface area contributed by atoms with E-state index in [9.17, 15) is 4.79 Å². The molecule has 0 radical (unpaired) electrons. The van der Waals surface area contributed by atoms with Gasteiger partial charge in [-0.1, -0.05) is 0 Å². The van der Waals surface area contributed by atoms with E-state index in [0.717, 1.165) is 61.1 Å². The predicted molar refractivity (Wildman–Crippen MR) is 117 cm³/mol. The highest BCUT2D eigenvalue weighted by atomic mass is 16.5. The number of anilines is 1. The van der Waals surface area contributed by atoms with Crippen LogP contribution in [0.15, 0.2) is 18.5 Å². The molecule has 2 fully saturated rings. The number of nitrogens with zero attached hydrogens (tertiary/aromatic N) is 3. The third kappa shape index (κ3) is 5.25. The summed E-state index contributed by atoms with van der Waals surface area (Å²) in [5.74, 6) is 1.87. The smallest absolute Gasteiger partial charge is 0.228 e. The molecule has 0 spiro atoms. The van der Waals surface area contributed by atoms with Crippen LogP contribution in [0.2, 0.25) is 0 Å². The molecule has 0 unspecified atom stereocenters. The largest absolute Gasteiger partial charge is 0.489 e. The van der Waals surface area contributed by atoms with Crippen LogP contribution in [0.3, 0.4) is 0 Å². The molecule has 0 amide bonds. The van der Waals surface area contributed by atoms with Gasteiger partial charge in [0.15, 0.2) is 5.78 Å². The average molecular weight is 430 g/mol. The number of carbonyl (C=O) groups is 1. The summed E-state index contributed by atoms with van der Waals surface area (Å²) < 4.78 is 22.5. The van der Waals surface area contributed by atoms with Crippen molar-refractivity contribution in [3.05, 3.63) is 18.5 Å². The molecule has 4 rings (SSSR count). The van der Waals surface area contributed by atoms with Gasteiger partial charge in [-0.25, -0.2) is 9.97 Å². The van der Waals surface area contributed by atoms with Crippen molar-refractivity contribution in [3.63, 3.8) is 0 Å². The molecule has 0 bridgehead atoms. The van der Waals surface area contributed by atoms with E-state index in [4.69, 9.17) is 18.9 Å². The minimum absolute atomic E-state index is 0.0989. The van der Waals surface area contributed by atoms with Crippen LogP contribution in [0.1, 0.15) is 32.1 Å². The molecular formula is C23H31N3O5. The van der Waals surface area contributed by atoms with Gasteiger partial charge in [-0.05, 0) is 37.7 Å². The number of hydrogen-bond donors (Lipinski definition) is 0. The van der Waals surface area contributed by atoms with Gasteiger partial charge in [0.05, 0.1) is 31.9 Å². The number of hydrogen-bond acceptors (Lipinski definition) is 8. The van der Waals surface area contributed by atoms with Gasteiger partial charge in [0.25, 0.3) is 0 Å². The van der Waals surface area contributed by atoms with Crippen LogP contribution in [0.5, 0.6) is 11.6 Å². The summed E-state index contributed by atoms with van der Waals surface area (Å²) >= 11 is 0. The zero-order valence-corrected chi connectivity index (χ0v) is 18.3. The number of carbonyl (C=O) groups excluding carboxylic acids is 1. The highest BCUT2D eigenvalue weighted by molar-refractivity contribution is 5.92. The summed E-state index contributed by atoms with van der Waals surface area (Å²) in [5, 5.41) is 0.805. The van der Waals surface area contributed by atoms with Crippen LogP contribution in [0.25, 0.3) is 10.9 Å². The Kier molecular flexibility index (Phi) is 7.19. The van der Waals surface area contributed by atoms with Gasteiger partial charge in [0.2, 0.25) is 5.88 Å². The number of Topliss-reactive ketones (excluding diaryl/α,β-unsaturated/α-hetero) is 1. The summed E-state index contributed by atoms with van der Waals surface area (Å²) in [6, 6.07) is 4.14. The number of ether oxygens (including phenoxy) is 4. The first-order valence-electron chi connectivity index (χ1n) is 11.0. The summed E-state index contributed by atoms with van der Waals surface area (Å²) in [4.78, 5) is 23.0. The van der Waals surface area contributed by atoms with Gasteiger partial charge in [0, 0.05) is 38.4 Å². The van der Waals surface area contributed by atoms with Crippen molar-refractivity contribution in [1.29, 1.82) is 0 Å². The van der Waals surface area contributed by atoms with Crippen LogP contribution in [0.4, 0.5) is 5.69 Å². The Morgan fingerprint density at radius 2 is 1.90 bits per heavy atom. The lowest BCUT2D eigenvalue weighted by atomic mass is 9.84. The first kappa shape index (κ1) is 21.8. The highest BCUT2D eigenvalue weighted by Crippen LogP contribution is 2.38. The first-order chi connectivity index (χ1) is 15.2. The summed E-state index contributed by atoms with van der Waals surface area (Å²) in [6.45, 7) is 3.32. The number of rotatable bonds is 8. The number of benzene rings is 1. The van der Waals surface area contributed by atoms with E-state index in [2.05, 4.69) is 27.0 Å². The van der Waals surface area contributed by atoms with E-state index in [1.165, 1.54) is 6.33 Å². The quantitative estimate of drug-likeness (QED) is 0.633. The molecule has 1 aromatic carbocycles. The second kappa shape index (κ2) is 10.2. The second-order valence-corrected chi connectivity index (χ2v) is 8.26. The van der Waals surface area contributed by atoms with Crippen molar-refractivity contribution in [1.82, 2.24) is 9.97 Å². The molecule has 31 heavy (non-hydrogen) atoms. The zero-order chi connectivity index (χ0) is 21.6. The number of aromatic nitrogens is 2. The van der Waals surface area contributed by atoms with Crippen LogP contribution in [-0.2, 0) is 14.3 Å². The van der Waals surface area contributed by atoms with Gasteiger partial charge in [-0.3, -0.25) is 4.79 Å². The Morgan fingerprint density at radius 3 is 2.61 bits per heavy atom. The zero-order valence-electron chi connectivity index (χ0n) is 18.3. The van der Waals surface area contributed by atoms with Gasteiger partial charge >= 0.3 is 0 Å². The summed E-state index contributed by atoms with van der Waals surface area (Å²) in [6.07, 6.45) is 6.02. The van der Waals surface area contributed by atoms with Crippen molar-refractivity contribution in [3.8, 4) is 11.6 Å². The van der Waals surface area contributed by atoms with Crippen LogP contribution < -0.4 is 14.4 Å². The number of methoxy groups -OCH3 is 2. The Morgan fingerprint density at radius 1 is 1.13 bits per heavy atom. The molecule has 2 aliphatic rings. The van der Waals surface area contributed by atoms with Crippen molar-refractivity contribution in [2.75, 3.05) is 52.0 Å². The summed E-state index contributed by atoms with van der Waals surface area (Å²) in [7, 11) is 3.18. The van der Waals surface area contributed by atoms with Crippen molar-refractivity contribution in [2.24, 2.45) is 5.92 Å². The van der Waals surface area contributed by atoms with Crippen molar-refractivity contribution < 1.29 is 23.7 Å². The topological polar surface area (TPSA) is 83.0 Å². The van der Waals surface area contributed by atoms with E-state index in [0.29, 0.717) is 31.4 Å². The van der Waals surface area contributed by atoms with E-state index >= 15 is 0 Å². The van der Waals surface area contributed by atoms with Crippen LogP contribution in [0, 0.1) is 5.92 Å². The van der Waals surface area contributed by atoms with E-state index < -0.39 is 0 Å². The minimum atomic E-state index is 0.0989. The molecule has 8 nitrogen and oxygen atoms in total. The third-order valence-corrected chi connectivity index (χ3v) is 6.13. The third-order valence-electron chi connectivity index (χ3n) is 6.13. The molecule has 0 atom stereocenters. The molecule has 1 aromatic heterocycles. The Labute approximate surface area is 182 Å². The number of morpholine rings is 1. The lowest BCUT2D eigenvalue weighted by Gasteiger charge is -2.31. The van der Waals surface area contributed by atoms with Crippen LogP contribution >= 0.6 is 0 Å². The maximum absolute atomic E-state index is 11.9. The lowest BCUT2D eigenvalue weighted by Crippen LogP contribution is -2.36. The van der Waals surface area contributed by atoms with Gasteiger partial charge < -0.3 is 23.8 Å². The van der Waals surface area contributed by atoms with E-state index in [-0.39, 0.29) is 18.5 Å². The SMILES string of the molecule is COCC(=O)CC1CCC(Oc2cc(N3CCOCC3)cc3ncnc(OC)c23)CC1. The predicted octanol–water partition coefficient (Wildman–Crippen LogP) is 3.02. The molecule has 0 N–H and O–H groups in total. The fourth-order valence-corrected chi connectivity index (χ4v) is 4.54. The molecule has 2 heterocycles. The van der Waals surface area contributed by atoms with Gasteiger partial charge in [0.1, 0.15) is 24.1 Å². The standard InChI is InChI=1S/C23H31N3O5/c1-28-14-18(27)11-16-3-5-19(6-4-16)31-21-13-17(26-7-9-30-10-8-26)12-20-22(21)23(29-2)25-15-24-20/h12-13,15-16,19H,3-11,14H2,1-2H3. The number of fused-ring (bicyclic) bond motifs is 1. The molecule has 2 aromatic rings. The fourth-order valence-electron chi connectivity index (χ4n) is 4.54. The first-order valence-corrected chi connectivity index (χ1v) is 11.0. The molecular weight excluding hydrogens is 398 g/mol. The lowest BCUT2D eigenvalue weighted by molar-refractivity contribution is -0.123. The van der Waals surface area contributed by atoms with Crippen molar-refractivity contribution >= 4 is 22.4 Å². The fraction of sp³-hybridized carbons (Fsp3) is 0.609. The monoisotopic (exact) mass is 429 g/mol. The highest BCUT2D eigenvalue weighted by Gasteiger charge is 2.26. The molecule has 1 saturated heterocycles.